The maximum absolute atomic E-state index is 12.8. The van der Waals surface area contributed by atoms with E-state index in [9.17, 15) is 17.2 Å². The number of ether oxygens (including phenoxy) is 3. The highest BCUT2D eigenvalue weighted by Gasteiger charge is 2.14. The number of benzene rings is 3. The minimum absolute atomic E-state index is 0.145. The maximum Gasteiger partial charge on any atom is 0.387 e. The molecule has 1 fully saturated rings. The third kappa shape index (κ3) is 7.12. The summed E-state index contributed by atoms with van der Waals surface area (Å²) in [6.45, 7) is 2.10. The first-order chi connectivity index (χ1) is 18.2. The first-order valence-corrected chi connectivity index (χ1v) is 14.0. The standard InChI is InChI=1S/C25H21F2NO3S.C4H8O2/c1-16-22(14-19-5-3-4-6-24(19)31-25(26)27)23-13-18(7-8-20(23)15-28-16)17-9-11-21(12-10-17)32(2,29)30;1-2-6-4-3-5-1/h3-13,15,25H,14H2,1-2H3;1-4H2. The Kier molecular flexibility index (Phi) is 9.04. The largest absolute Gasteiger partial charge is 0.435 e. The molecule has 0 spiro atoms. The molecule has 6 nitrogen and oxygen atoms in total. The van der Waals surface area contributed by atoms with Crippen molar-refractivity contribution in [1.29, 1.82) is 0 Å². The zero-order chi connectivity index (χ0) is 27.1. The van der Waals surface area contributed by atoms with Crippen LogP contribution in [0.15, 0.2) is 77.8 Å². The van der Waals surface area contributed by atoms with Crippen molar-refractivity contribution in [3.05, 3.63) is 89.7 Å². The Morgan fingerprint density at radius 3 is 2.16 bits per heavy atom. The monoisotopic (exact) mass is 541 g/mol. The smallest absolute Gasteiger partial charge is 0.387 e. The van der Waals surface area contributed by atoms with E-state index in [1.807, 2.05) is 25.1 Å². The van der Waals surface area contributed by atoms with E-state index in [1.165, 1.54) is 12.3 Å². The molecule has 3 aromatic carbocycles. The molecule has 5 rings (SSSR count). The fraction of sp³-hybridized carbons (Fsp3) is 0.276. The molecule has 0 unspecified atom stereocenters. The number of aryl methyl sites for hydroxylation is 1. The van der Waals surface area contributed by atoms with Crippen LogP contribution in [0.4, 0.5) is 8.78 Å². The summed E-state index contributed by atoms with van der Waals surface area (Å²) in [5.74, 6) is 0.145. The third-order valence-corrected chi connectivity index (χ3v) is 7.26. The van der Waals surface area contributed by atoms with Gasteiger partial charge in [-0.2, -0.15) is 8.78 Å². The predicted molar refractivity (Wildman–Crippen MR) is 143 cm³/mol. The van der Waals surface area contributed by atoms with Crippen molar-refractivity contribution in [1.82, 2.24) is 4.98 Å². The summed E-state index contributed by atoms with van der Waals surface area (Å²) in [6, 6.07) is 19.4. The molecule has 200 valence electrons. The van der Waals surface area contributed by atoms with Gasteiger partial charge < -0.3 is 14.2 Å². The number of rotatable bonds is 6. The minimum Gasteiger partial charge on any atom is -0.435 e. The van der Waals surface area contributed by atoms with Gasteiger partial charge in [-0.3, -0.25) is 4.98 Å². The second kappa shape index (κ2) is 12.4. The van der Waals surface area contributed by atoms with E-state index < -0.39 is 16.4 Å². The summed E-state index contributed by atoms with van der Waals surface area (Å²) >= 11 is 0. The Bertz CT molecular complexity index is 1480. The minimum atomic E-state index is -3.27. The van der Waals surface area contributed by atoms with E-state index in [0.717, 1.165) is 59.6 Å². The van der Waals surface area contributed by atoms with Crippen molar-refractivity contribution in [2.45, 2.75) is 24.9 Å². The van der Waals surface area contributed by atoms with Crippen molar-refractivity contribution in [3.63, 3.8) is 0 Å². The molecule has 38 heavy (non-hydrogen) atoms. The Labute approximate surface area is 221 Å². The molecule has 1 saturated heterocycles. The number of hydrogen-bond donors (Lipinski definition) is 0. The summed E-state index contributed by atoms with van der Waals surface area (Å²) < 4.78 is 63.8. The average Bonchev–Trinajstić information content (AvgIpc) is 2.91. The van der Waals surface area contributed by atoms with Crippen LogP contribution in [0.1, 0.15) is 16.8 Å². The van der Waals surface area contributed by atoms with Crippen LogP contribution in [0.5, 0.6) is 5.75 Å². The number of hydrogen-bond acceptors (Lipinski definition) is 6. The summed E-state index contributed by atoms with van der Waals surface area (Å²) in [5.41, 5.74) is 4.16. The maximum atomic E-state index is 12.8. The number of pyridine rings is 1. The molecule has 0 aliphatic carbocycles. The molecule has 4 aromatic rings. The third-order valence-electron chi connectivity index (χ3n) is 6.13. The van der Waals surface area contributed by atoms with Gasteiger partial charge in [0.25, 0.3) is 0 Å². The summed E-state index contributed by atoms with van der Waals surface area (Å²) in [4.78, 5) is 4.74. The quantitative estimate of drug-likeness (QED) is 0.305. The number of halogens is 2. The lowest BCUT2D eigenvalue weighted by molar-refractivity contribution is -0.0503. The van der Waals surface area contributed by atoms with Gasteiger partial charge in [0.2, 0.25) is 0 Å². The number of nitrogens with zero attached hydrogens (tertiary/aromatic N) is 1. The van der Waals surface area contributed by atoms with Crippen LogP contribution in [0.3, 0.4) is 0 Å². The molecule has 1 aromatic heterocycles. The van der Waals surface area contributed by atoms with Crippen molar-refractivity contribution < 1.29 is 31.4 Å². The van der Waals surface area contributed by atoms with Crippen LogP contribution in [0, 0.1) is 6.92 Å². The Morgan fingerprint density at radius 2 is 1.55 bits per heavy atom. The summed E-state index contributed by atoms with van der Waals surface area (Å²) in [5, 5.41) is 1.88. The summed E-state index contributed by atoms with van der Waals surface area (Å²) in [6.07, 6.45) is 3.34. The molecule has 1 aliphatic heterocycles. The van der Waals surface area contributed by atoms with Crippen LogP contribution in [0.25, 0.3) is 21.9 Å². The lowest BCUT2D eigenvalue weighted by atomic mass is 9.94. The van der Waals surface area contributed by atoms with Gasteiger partial charge in [-0.05, 0) is 58.8 Å². The molecular weight excluding hydrogens is 512 g/mol. The second-order valence-electron chi connectivity index (χ2n) is 8.81. The SMILES string of the molecule is C1COCCO1.Cc1ncc2ccc(-c3ccc(S(C)(=O)=O)cc3)cc2c1Cc1ccccc1OC(F)F. The van der Waals surface area contributed by atoms with Gasteiger partial charge in [0, 0.05) is 30.0 Å². The van der Waals surface area contributed by atoms with Gasteiger partial charge in [0.05, 0.1) is 31.3 Å². The number of sulfone groups is 1. The first-order valence-electron chi connectivity index (χ1n) is 12.1. The van der Waals surface area contributed by atoms with Gasteiger partial charge >= 0.3 is 6.61 Å². The molecule has 0 N–H and O–H groups in total. The lowest BCUT2D eigenvalue weighted by Gasteiger charge is -2.14. The zero-order valence-corrected chi connectivity index (χ0v) is 22.0. The topological polar surface area (TPSA) is 74.7 Å². The predicted octanol–water partition coefficient (Wildman–Crippen LogP) is 5.84. The van der Waals surface area contributed by atoms with Gasteiger partial charge in [0.1, 0.15) is 5.75 Å². The van der Waals surface area contributed by atoms with E-state index in [1.54, 1.807) is 48.7 Å². The van der Waals surface area contributed by atoms with Crippen molar-refractivity contribution >= 4 is 20.6 Å². The molecule has 0 amide bonds. The molecule has 2 heterocycles. The van der Waals surface area contributed by atoms with E-state index in [4.69, 9.17) is 14.2 Å². The highest BCUT2D eigenvalue weighted by molar-refractivity contribution is 7.90. The molecule has 0 atom stereocenters. The highest BCUT2D eigenvalue weighted by atomic mass is 32.2. The molecule has 9 heteroatoms. The number of fused-ring (bicyclic) bond motifs is 1. The fourth-order valence-corrected chi connectivity index (χ4v) is 4.79. The molecule has 0 bridgehead atoms. The van der Waals surface area contributed by atoms with Crippen molar-refractivity contribution in [3.8, 4) is 16.9 Å². The molecule has 0 radical (unpaired) electrons. The van der Waals surface area contributed by atoms with E-state index in [-0.39, 0.29) is 10.6 Å². The lowest BCUT2D eigenvalue weighted by Crippen LogP contribution is -2.16. The van der Waals surface area contributed by atoms with E-state index in [2.05, 4.69) is 4.98 Å². The number of para-hydroxylation sites is 1. The fourth-order valence-electron chi connectivity index (χ4n) is 4.16. The van der Waals surface area contributed by atoms with E-state index >= 15 is 0 Å². The van der Waals surface area contributed by atoms with Crippen LogP contribution < -0.4 is 4.74 Å². The molecule has 1 aliphatic rings. The Balaban J connectivity index is 0.000000494. The Morgan fingerprint density at radius 1 is 0.921 bits per heavy atom. The highest BCUT2D eigenvalue weighted by Crippen LogP contribution is 2.31. The second-order valence-corrected chi connectivity index (χ2v) is 10.8. The van der Waals surface area contributed by atoms with Gasteiger partial charge in [-0.1, -0.05) is 42.5 Å². The normalized spacial score (nSPS) is 13.7. The summed E-state index contributed by atoms with van der Waals surface area (Å²) in [7, 11) is -3.27. The average molecular weight is 542 g/mol. The van der Waals surface area contributed by atoms with Crippen LogP contribution in [0.2, 0.25) is 0 Å². The van der Waals surface area contributed by atoms with Gasteiger partial charge in [-0.15, -0.1) is 0 Å². The van der Waals surface area contributed by atoms with Crippen molar-refractivity contribution in [2.24, 2.45) is 0 Å². The Hall–Kier alpha value is -3.40. The van der Waals surface area contributed by atoms with Crippen LogP contribution in [-0.4, -0.2) is 52.7 Å². The zero-order valence-electron chi connectivity index (χ0n) is 21.2. The molecular formula is C29H29F2NO5S. The molecule has 0 saturated carbocycles. The van der Waals surface area contributed by atoms with Crippen molar-refractivity contribution in [2.75, 3.05) is 32.7 Å². The number of aromatic nitrogens is 1. The number of alkyl halides is 2. The first kappa shape index (κ1) is 27.6. The van der Waals surface area contributed by atoms with Gasteiger partial charge in [-0.25, -0.2) is 8.42 Å². The van der Waals surface area contributed by atoms with E-state index in [0.29, 0.717) is 12.0 Å². The van der Waals surface area contributed by atoms with Crippen LogP contribution in [-0.2, 0) is 25.7 Å². The van der Waals surface area contributed by atoms with Gasteiger partial charge in [0.15, 0.2) is 9.84 Å². The van der Waals surface area contributed by atoms with Crippen LogP contribution >= 0.6 is 0 Å².